The summed E-state index contributed by atoms with van der Waals surface area (Å²) in [4.78, 5) is 31.1. The summed E-state index contributed by atoms with van der Waals surface area (Å²) in [6.45, 7) is 5.93. The molecule has 0 aliphatic rings. The lowest BCUT2D eigenvalue weighted by atomic mass is 10.1. The fraction of sp³-hybridized carbons (Fsp3) is 0.308. The van der Waals surface area contributed by atoms with Crippen molar-refractivity contribution in [2.75, 3.05) is 14.2 Å². The molecule has 0 aliphatic carbocycles. The molecule has 1 aromatic carbocycles. The van der Waals surface area contributed by atoms with Crippen molar-refractivity contribution in [1.29, 1.82) is 5.41 Å². The highest BCUT2D eigenvalue weighted by Crippen LogP contribution is 2.28. The molecule has 0 bridgehead atoms. The summed E-state index contributed by atoms with van der Waals surface area (Å²) in [6.07, 6.45) is 2.16. The van der Waals surface area contributed by atoms with Crippen LogP contribution in [-0.4, -0.2) is 39.6 Å². The summed E-state index contributed by atoms with van der Waals surface area (Å²) < 4.78 is 13.8. The molecule has 4 aromatic rings. The summed E-state index contributed by atoms with van der Waals surface area (Å²) in [7, 11) is 3.15. The molecule has 0 radical (unpaired) electrons. The smallest absolute Gasteiger partial charge is 0.267 e. The Kier molecular flexibility index (Phi) is 6.34. The van der Waals surface area contributed by atoms with Gasteiger partial charge in [0.2, 0.25) is 0 Å². The molecule has 2 N–H and O–H groups in total. The predicted octanol–water partition coefficient (Wildman–Crippen LogP) is 2.92. The van der Waals surface area contributed by atoms with Gasteiger partial charge < -0.3 is 19.4 Å². The Morgan fingerprint density at radius 2 is 1.83 bits per heavy atom. The van der Waals surface area contributed by atoms with Crippen LogP contribution in [0.1, 0.15) is 36.7 Å². The molecule has 4 rings (SSSR count). The van der Waals surface area contributed by atoms with E-state index in [1.54, 1.807) is 43.2 Å². The standard InChI is InChI=1S/C26H29N5O4/c1-26(2,3)29-24(32)17-15-18-23(28-21-8-6-7-12-30(21)25(18)33)31(22(17)27)13-11-16-9-10-19(34-4)20(14-16)35-5/h6-10,12,14-15,27H,11,13H2,1-5H3,(H,29,32). The number of aryl methyl sites for hydroxylation is 2. The van der Waals surface area contributed by atoms with Crippen LogP contribution in [0.15, 0.2) is 53.5 Å². The maximum Gasteiger partial charge on any atom is 0.267 e. The first-order chi connectivity index (χ1) is 16.6. The number of nitrogens with zero attached hydrogens (tertiary/aromatic N) is 3. The number of ether oxygens (including phenoxy) is 2. The molecule has 0 unspecified atom stereocenters. The van der Waals surface area contributed by atoms with E-state index in [-0.39, 0.29) is 22.0 Å². The first-order valence-electron chi connectivity index (χ1n) is 11.3. The minimum Gasteiger partial charge on any atom is -0.493 e. The molecule has 35 heavy (non-hydrogen) atoms. The van der Waals surface area contributed by atoms with Crippen molar-refractivity contribution in [2.45, 2.75) is 39.3 Å². The first kappa shape index (κ1) is 24.0. The molecule has 9 heteroatoms. The van der Waals surface area contributed by atoms with Crippen molar-refractivity contribution < 1.29 is 14.3 Å². The third-order valence-corrected chi connectivity index (χ3v) is 5.62. The number of hydrogen-bond donors (Lipinski definition) is 2. The van der Waals surface area contributed by atoms with Crippen LogP contribution in [0.2, 0.25) is 0 Å². The average molecular weight is 476 g/mol. The summed E-state index contributed by atoms with van der Waals surface area (Å²) >= 11 is 0. The van der Waals surface area contributed by atoms with E-state index < -0.39 is 11.4 Å². The second-order valence-corrected chi connectivity index (χ2v) is 9.28. The van der Waals surface area contributed by atoms with Crippen molar-refractivity contribution in [3.63, 3.8) is 0 Å². The Labute approximate surface area is 202 Å². The molecular formula is C26H29N5O4. The number of amides is 1. The largest absolute Gasteiger partial charge is 0.493 e. The first-order valence-corrected chi connectivity index (χ1v) is 11.3. The molecule has 0 fully saturated rings. The molecular weight excluding hydrogens is 446 g/mol. The molecule has 182 valence electrons. The Morgan fingerprint density at radius 3 is 2.51 bits per heavy atom. The van der Waals surface area contributed by atoms with E-state index in [0.717, 1.165) is 5.56 Å². The second kappa shape index (κ2) is 9.25. The summed E-state index contributed by atoms with van der Waals surface area (Å²) in [6, 6.07) is 12.4. The van der Waals surface area contributed by atoms with E-state index in [1.165, 1.54) is 10.5 Å². The third-order valence-electron chi connectivity index (χ3n) is 5.62. The van der Waals surface area contributed by atoms with Crippen molar-refractivity contribution in [2.24, 2.45) is 0 Å². The molecule has 0 atom stereocenters. The van der Waals surface area contributed by atoms with E-state index in [0.29, 0.717) is 35.8 Å². The van der Waals surface area contributed by atoms with Crippen molar-refractivity contribution in [3.05, 3.63) is 75.6 Å². The number of carbonyl (C=O) groups is 1. The lowest BCUT2D eigenvalue weighted by molar-refractivity contribution is 0.0917. The van der Waals surface area contributed by atoms with Crippen LogP contribution in [-0.2, 0) is 13.0 Å². The number of methoxy groups -OCH3 is 2. The fourth-order valence-corrected chi connectivity index (χ4v) is 3.96. The van der Waals surface area contributed by atoms with Crippen LogP contribution < -0.4 is 25.8 Å². The number of benzene rings is 1. The number of fused-ring (bicyclic) bond motifs is 2. The molecule has 0 spiro atoms. The maximum atomic E-state index is 13.3. The zero-order chi connectivity index (χ0) is 25.3. The van der Waals surface area contributed by atoms with E-state index in [2.05, 4.69) is 10.3 Å². The third kappa shape index (κ3) is 4.75. The SMILES string of the molecule is COc1ccc(CCn2c(=N)c(C(=O)NC(C)(C)C)cc3c(=O)n4ccccc4nc32)cc1OC. The van der Waals surface area contributed by atoms with Gasteiger partial charge >= 0.3 is 0 Å². The zero-order valence-corrected chi connectivity index (χ0v) is 20.5. The lowest BCUT2D eigenvalue weighted by Gasteiger charge is -2.21. The van der Waals surface area contributed by atoms with Gasteiger partial charge in [-0.05, 0) is 63.1 Å². The molecule has 0 saturated heterocycles. The van der Waals surface area contributed by atoms with Crippen LogP contribution in [0.25, 0.3) is 16.7 Å². The fourth-order valence-electron chi connectivity index (χ4n) is 3.96. The van der Waals surface area contributed by atoms with Gasteiger partial charge in [-0.1, -0.05) is 12.1 Å². The van der Waals surface area contributed by atoms with Crippen LogP contribution in [0.5, 0.6) is 11.5 Å². The number of carbonyl (C=O) groups excluding carboxylic acids is 1. The van der Waals surface area contributed by atoms with Gasteiger partial charge in [0, 0.05) is 18.3 Å². The zero-order valence-electron chi connectivity index (χ0n) is 20.5. The number of nitrogens with one attached hydrogen (secondary N) is 2. The predicted molar refractivity (Wildman–Crippen MR) is 133 cm³/mol. The number of aromatic nitrogens is 3. The van der Waals surface area contributed by atoms with Crippen LogP contribution >= 0.6 is 0 Å². The highest BCUT2D eigenvalue weighted by molar-refractivity contribution is 5.97. The topological polar surface area (TPSA) is 111 Å². The Bertz CT molecular complexity index is 1550. The lowest BCUT2D eigenvalue weighted by Crippen LogP contribution is -2.43. The van der Waals surface area contributed by atoms with E-state index in [9.17, 15) is 9.59 Å². The van der Waals surface area contributed by atoms with E-state index in [1.807, 2.05) is 39.0 Å². The molecule has 0 aliphatic heterocycles. The Hall–Kier alpha value is -4.14. The minimum atomic E-state index is -0.500. The monoisotopic (exact) mass is 475 g/mol. The summed E-state index contributed by atoms with van der Waals surface area (Å²) in [5, 5.41) is 12.0. The molecule has 9 nitrogen and oxygen atoms in total. The van der Waals surface area contributed by atoms with Gasteiger partial charge in [0.1, 0.15) is 16.8 Å². The number of hydrogen-bond acceptors (Lipinski definition) is 6. The van der Waals surface area contributed by atoms with Gasteiger partial charge in [0.15, 0.2) is 11.5 Å². The van der Waals surface area contributed by atoms with E-state index in [4.69, 9.17) is 14.9 Å². The Balaban J connectivity index is 1.88. The maximum absolute atomic E-state index is 13.3. The van der Waals surface area contributed by atoms with Gasteiger partial charge in [-0.15, -0.1) is 0 Å². The number of rotatable bonds is 6. The summed E-state index contributed by atoms with van der Waals surface area (Å²) in [5.41, 5.74) is 1.09. The van der Waals surface area contributed by atoms with E-state index >= 15 is 0 Å². The number of pyridine rings is 2. The van der Waals surface area contributed by atoms with Crippen molar-refractivity contribution >= 4 is 22.6 Å². The van der Waals surface area contributed by atoms with Gasteiger partial charge in [-0.25, -0.2) is 4.98 Å². The average Bonchev–Trinajstić information content (AvgIpc) is 2.82. The van der Waals surface area contributed by atoms with Crippen molar-refractivity contribution in [3.8, 4) is 11.5 Å². The van der Waals surface area contributed by atoms with Crippen LogP contribution in [0.3, 0.4) is 0 Å². The normalized spacial score (nSPS) is 11.6. The van der Waals surface area contributed by atoms with Gasteiger partial charge in [-0.2, -0.15) is 0 Å². The molecule has 3 heterocycles. The van der Waals surface area contributed by atoms with Gasteiger partial charge in [-0.3, -0.25) is 19.4 Å². The highest BCUT2D eigenvalue weighted by atomic mass is 16.5. The molecule has 1 amide bonds. The Morgan fingerprint density at radius 1 is 1.09 bits per heavy atom. The highest BCUT2D eigenvalue weighted by Gasteiger charge is 2.21. The van der Waals surface area contributed by atoms with Crippen LogP contribution in [0, 0.1) is 5.41 Å². The van der Waals surface area contributed by atoms with Gasteiger partial charge in [0.25, 0.3) is 11.5 Å². The molecule has 0 saturated carbocycles. The second-order valence-electron chi connectivity index (χ2n) is 9.28. The summed E-state index contributed by atoms with van der Waals surface area (Å²) in [5.74, 6) is 0.811. The molecule has 3 aromatic heterocycles. The van der Waals surface area contributed by atoms with Gasteiger partial charge in [0.05, 0.1) is 25.2 Å². The van der Waals surface area contributed by atoms with Crippen molar-refractivity contribution in [1.82, 2.24) is 19.3 Å². The quantitative estimate of drug-likeness (QED) is 0.417. The van der Waals surface area contributed by atoms with Crippen LogP contribution in [0.4, 0.5) is 0 Å². The minimum absolute atomic E-state index is 0.00749.